The maximum atomic E-state index is 11.2. The van der Waals surface area contributed by atoms with Crippen molar-refractivity contribution in [2.24, 2.45) is 0 Å². The maximum Gasteiger partial charge on any atom is 0.289 e. The van der Waals surface area contributed by atoms with Crippen LogP contribution in [0.25, 0.3) is 0 Å². The fraction of sp³-hybridized carbons (Fsp3) is 0.375. The predicted octanol–water partition coefficient (Wildman–Crippen LogP) is -0.460. The van der Waals surface area contributed by atoms with Crippen molar-refractivity contribution in [3.63, 3.8) is 0 Å². The summed E-state index contributed by atoms with van der Waals surface area (Å²) in [6.07, 6.45) is 2.71. The molecule has 0 aromatic carbocycles. The number of nitrogens with one attached hydrogen (secondary N) is 2. The molecule has 14 heavy (non-hydrogen) atoms. The second-order valence-corrected chi connectivity index (χ2v) is 2.56. The Morgan fingerprint density at radius 3 is 3.07 bits per heavy atom. The summed E-state index contributed by atoms with van der Waals surface area (Å²) in [6.45, 7) is 1.03. The lowest BCUT2D eigenvalue weighted by Gasteiger charge is -2.01. The molecule has 0 aliphatic heterocycles. The van der Waals surface area contributed by atoms with E-state index in [0.717, 1.165) is 0 Å². The maximum absolute atomic E-state index is 11.2. The van der Waals surface area contributed by atoms with E-state index in [1.54, 1.807) is 0 Å². The SMILES string of the molecule is O=CNCCCNC(=O)c1ccno1. The summed E-state index contributed by atoms with van der Waals surface area (Å²) in [5, 5.41) is 8.51. The Morgan fingerprint density at radius 2 is 2.43 bits per heavy atom. The Bertz CT molecular complexity index is 284. The summed E-state index contributed by atoms with van der Waals surface area (Å²) < 4.78 is 4.64. The van der Waals surface area contributed by atoms with E-state index in [9.17, 15) is 9.59 Å². The van der Waals surface area contributed by atoms with Gasteiger partial charge in [-0.25, -0.2) is 0 Å². The van der Waals surface area contributed by atoms with Gasteiger partial charge in [-0.05, 0) is 6.42 Å². The van der Waals surface area contributed by atoms with Gasteiger partial charge < -0.3 is 15.2 Å². The van der Waals surface area contributed by atoms with Crippen molar-refractivity contribution in [1.29, 1.82) is 0 Å². The highest BCUT2D eigenvalue weighted by molar-refractivity contribution is 5.91. The highest BCUT2D eigenvalue weighted by Crippen LogP contribution is 1.94. The minimum absolute atomic E-state index is 0.188. The second kappa shape index (κ2) is 5.74. The molecular weight excluding hydrogens is 186 g/mol. The van der Waals surface area contributed by atoms with E-state index in [4.69, 9.17) is 0 Å². The van der Waals surface area contributed by atoms with Crippen molar-refractivity contribution in [1.82, 2.24) is 15.8 Å². The standard InChI is InChI=1S/C8H11N3O3/c12-6-9-3-1-4-10-8(13)7-2-5-11-14-7/h2,5-6H,1,3-4H2,(H,9,12)(H,10,13). The first-order valence-corrected chi connectivity index (χ1v) is 4.20. The minimum atomic E-state index is -0.298. The summed E-state index contributed by atoms with van der Waals surface area (Å²) in [4.78, 5) is 21.1. The van der Waals surface area contributed by atoms with Gasteiger partial charge in [0.25, 0.3) is 5.91 Å². The number of carbonyl (C=O) groups is 2. The summed E-state index contributed by atoms with van der Waals surface area (Å²) in [6, 6.07) is 1.49. The molecule has 1 heterocycles. The zero-order chi connectivity index (χ0) is 10.2. The largest absolute Gasteiger partial charge is 0.359 e. The molecule has 1 aromatic heterocycles. The summed E-state index contributed by atoms with van der Waals surface area (Å²) >= 11 is 0. The summed E-state index contributed by atoms with van der Waals surface area (Å²) in [7, 11) is 0. The van der Waals surface area contributed by atoms with Gasteiger partial charge >= 0.3 is 0 Å². The van der Waals surface area contributed by atoms with Crippen molar-refractivity contribution >= 4 is 12.3 Å². The molecule has 0 fully saturated rings. The van der Waals surface area contributed by atoms with Gasteiger partial charge in [-0.1, -0.05) is 5.16 Å². The van der Waals surface area contributed by atoms with Gasteiger partial charge in [-0.15, -0.1) is 0 Å². The molecule has 0 radical (unpaired) electrons. The average molecular weight is 197 g/mol. The third-order valence-corrected chi connectivity index (χ3v) is 1.53. The third kappa shape index (κ3) is 3.26. The molecular formula is C8H11N3O3. The molecule has 2 N–H and O–H groups in total. The van der Waals surface area contributed by atoms with Crippen molar-refractivity contribution in [2.45, 2.75) is 6.42 Å². The number of rotatable bonds is 6. The summed E-state index contributed by atoms with van der Waals surface area (Å²) in [5.41, 5.74) is 0. The third-order valence-electron chi connectivity index (χ3n) is 1.53. The molecule has 0 saturated heterocycles. The van der Waals surface area contributed by atoms with E-state index in [0.29, 0.717) is 25.9 Å². The molecule has 0 spiro atoms. The van der Waals surface area contributed by atoms with Crippen molar-refractivity contribution < 1.29 is 14.1 Å². The molecule has 1 aromatic rings. The van der Waals surface area contributed by atoms with Crippen LogP contribution in [0.3, 0.4) is 0 Å². The van der Waals surface area contributed by atoms with Crippen LogP contribution in [0, 0.1) is 0 Å². The molecule has 0 unspecified atom stereocenters. The van der Waals surface area contributed by atoms with Crippen LogP contribution in [0.5, 0.6) is 0 Å². The van der Waals surface area contributed by atoms with Crippen LogP contribution in [0.15, 0.2) is 16.8 Å². The van der Waals surface area contributed by atoms with Gasteiger partial charge in [0.2, 0.25) is 12.2 Å². The first-order chi connectivity index (χ1) is 6.84. The van der Waals surface area contributed by atoms with E-state index >= 15 is 0 Å². The van der Waals surface area contributed by atoms with Crippen LogP contribution in [0.2, 0.25) is 0 Å². The van der Waals surface area contributed by atoms with Crippen molar-refractivity contribution in [3.05, 3.63) is 18.0 Å². The molecule has 0 aliphatic rings. The lowest BCUT2D eigenvalue weighted by molar-refractivity contribution is -0.109. The zero-order valence-corrected chi connectivity index (χ0v) is 7.53. The van der Waals surface area contributed by atoms with E-state index in [-0.39, 0.29) is 11.7 Å². The van der Waals surface area contributed by atoms with Crippen LogP contribution in [-0.2, 0) is 4.79 Å². The quantitative estimate of drug-likeness (QED) is 0.477. The van der Waals surface area contributed by atoms with Gasteiger partial charge in [-0.2, -0.15) is 0 Å². The van der Waals surface area contributed by atoms with Crippen LogP contribution >= 0.6 is 0 Å². The highest BCUT2D eigenvalue weighted by atomic mass is 16.5. The fourth-order valence-corrected chi connectivity index (χ4v) is 0.871. The molecule has 76 valence electrons. The lowest BCUT2D eigenvalue weighted by Crippen LogP contribution is -2.26. The van der Waals surface area contributed by atoms with Crippen LogP contribution < -0.4 is 10.6 Å². The fourth-order valence-electron chi connectivity index (χ4n) is 0.871. The smallest absolute Gasteiger partial charge is 0.289 e. The molecule has 1 rings (SSSR count). The van der Waals surface area contributed by atoms with E-state index in [1.807, 2.05) is 0 Å². The van der Waals surface area contributed by atoms with Crippen molar-refractivity contribution in [2.75, 3.05) is 13.1 Å². The predicted molar refractivity (Wildman–Crippen MR) is 47.5 cm³/mol. The molecule has 6 heteroatoms. The number of amides is 2. The van der Waals surface area contributed by atoms with Crippen LogP contribution in [0.4, 0.5) is 0 Å². The van der Waals surface area contributed by atoms with Gasteiger partial charge in [0.05, 0.1) is 6.20 Å². The average Bonchev–Trinajstić information content (AvgIpc) is 2.70. The normalized spacial score (nSPS) is 9.43. The molecule has 0 bridgehead atoms. The Kier molecular flexibility index (Phi) is 4.19. The van der Waals surface area contributed by atoms with E-state index in [2.05, 4.69) is 20.3 Å². The van der Waals surface area contributed by atoms with Gasteiger partial charge in [0.15, 0.2) is 0 Å². The van der Waals surface area contributed by atoms with Crippen molar-refractivity contribution in [3.8, 4) is 0 Å². The first kappa shape index (κ1) is 10.2. The topological polar surface area (TPSA) is 84.2 Å². The Hall–Kier alpha value is -1.85. The Morgan fingerprint density at radius 1 is 1.57 bits per heavy atom. The number of hydrogen-bond donors (Lipinski definition) is 2. The monoisotopic (exact) mass is 197 g/mol. The number of nitrogens with zero attached hydrogens (tertiary/aromatic N) is 1. The first-order valence-electron chi connectivity index (χ1n) is 4.20. The number of hydrogen-bond acceptors (Lipinski definition) is 4. The van der Waals surface area contributed by atoms with E-state index in [1.165, 1.54) is 12.3 Å². The lowest BCUT2D eigenvalue weighted by atomic mass is 10.4. The number of aromatic nitrogens is 1. The number of carbonyl (C=O) groups excluding carboxylic acids is 2. The molecule has 0 aliphatic carbocycles. The van der Waals surface area contributed by atoms with Gasteiger partial charge in [0, 0.05) is 19.2 Å². The Labute approximate surface area is 80.6 Å². The van der Waals surface area contributed by atoms with Gasteiger partial charge in [0.1, 0.15) is 0 Å². The highest BCUT2D eigenvalue weighted by Gasteiger charge is 2.07. The molecule has 2 amide bonds. The summed E-state index contributed by atoms with van der Waals surface area (Å²) in [5.74, 6) is -0.109. The molecule has 0 saturated carbocycles. The molecule has 0 atom stereocenters. The second-order valence-electron chi connectivity index (χ2n) is 2.56. The van der Waals surface area contributed by atoms with Gasteiger partial charge in [-0.3, -0.25) is 9.59 Å². The van der Waals surface area contributed by atoms with E-state index < -0.39 is 0 Å². The molecule has 6 nitrogen and oxygen atoms in total. The Balaban J connectivity index is 2.13. The minimum Gasteiger partial charge on any atom is -0.359 e. The van der Waals surface area contributed by atoms with Crippen LogP contribution in [-0.4, -0.2) is 30.6 Å². The van der Waals surface area contributed by atoms with Crippen LogP contribution in [0.1, 0.15) is 17.0 Å². The zero-order valence-electron chi connectivity index (χ0n) is 7.53.